The molecule has 0 saturated heterocycles. The van der Waals surface area contributed by atoms with Gasteiger partial charge in [0.1, 0.15) is 12.4 Å². The molecule has 0 radical (unpaired) electrons. The van der Waals surface area contributed by atoms with Crippen molar-refractivity contribution in [2.75, 3.05) is 30.4 Å². The summed E-state index contributed by atoms with van der Waals surface area (Å²) in [6.07, 6.45) is 0. The molecule has 168 valence electrons. The van der Waals surface area contributed by atoms with Gasteiger partial charge in [0.2, 0.25) is 5.91 Å². The van der Waals surface area contributed by atoms with E-state index < -0.39 is 28.3 Å². The normalized spacial score (nSPS) is 11.0. The summed E-state index contributed by atoms with van der Waals surface area (Å²) in [6.45, 7) is 1.25. The summed E-state index contributed by atoms with van der Waals surface area (Å²) in [7, 11) is -1.25. The van der Waals surface area contributed by atoms with E-state index in [1.807, 2.05) is 6.92 Å². The van der Waals surface area contributed by atoms with E-state index in [-0.39, 0.29) is 16.3 Å². The summed E-state index contributed by atoms with van der Waals surface area (Å²) in [4.78, 5) is 12.7. The minimum Gasteiger partial charge on any atom is -0.493 e. The molecule has 0 heterocycles. The molecule has 3 aromatic rings. The second kappa shape index (κ2) is 9.69. The fourth-order valence-corrected chi connectivity index (χ4v) is 4.43. The Morgan fingerprint density at radius 3 is 2.25 bits per heavy atom. The van der Waals surface area contributed by atoms with Gasteiger partial charge < -0.3 is 14.8 Å². The first-order chi connectivity index (χ1) is 15.3. The molecule has 0 atom stereocenters. The van der Waals surface area contributed by atoms with Crippen LogP contribution in [0.5, 0.6) is 11.5 Å². The fraction of sp³-hybridized carbons (Fsp3) is 0.174. The minimum absolute atomic E-state index is 0.0107. The topological polar surface area (TPSA) is 84.9 Å². The number of amides is 1. The molecule has 0 unspecified atom stereocenters. The Morgan fingerprint density at radius 2 is 1.62 bits per heavy atom. The first-order valence-electron chi connectivity index (χ1n) is 9.62. The number of carbonyl (C=O) groups excluding carboxylic acids is 1. The van der Waals surface area contributed by atoms with Crippen molar-refractivity contribution in [1.82, 2.24) is 0 Å². The van der Waals surface area contributed by atoms with Crippen molar-refractivity contribution in [3.05, 3.63) is 78.1 Å². The van der Waals surface area contributed by atoms with Crippen LogP contribution >= 0.6 is 0 Å². The Balaban J connectivity index is 2.02. The number of para-hydroxylation sites is 1. The van der Waals surface area contributed by atoms with E-state index in [1.165, 1.54) is 56.7 Å². The van der Waals surface area contributed by atoms with Crippen LogP contribution in [0, 0.1) is 12.7 Å². The maximum atomic E-state index is 14.0. The summed E-state index contributed by atoms with van der Waals surface area (Å²) in [5.74, 6) is -0.635. The molecule has 0 saturated carbocycles. The van der Waals surface area contributed by atoms with Gasteiger partial charge in [-0.15, -0.1) is 0 Å². The van der Waals surface area contributed by atoms with Gasteiger partial charge in [0.15, 0.2) is 11.5 Å². The minimum atomic E-state index is -4.13. The van der Waals surface area contributed by atoms with Gasteiger partial charge >= 0.3 is 0 Å². The molecule has 0 aromatic heterocycles. The predicted molar refractivity (Wildman–Crippen MR) is 120 cm³/mol. The highest BCUT2D eigenvalue weighted by Crippen LogP contribution is 2.34. The van der Waals surface area contributed by atoms with Crippen LogP contribution in [0.4, 0.5) is 15.8 Å². The number of aryl methyl sites for hydroxylation is 1. The predicted octanol–water partition coefficient (Wildman–Crippen LogP) is 3.99. The lowest BCUT2D eigenvalue weighted by atomic mass is 10.2. The summed E-state index contributed by atoms with van der Waals surface area (Å²) < 4.78 is 52.3. The van der Waals surface area contributed by atoms with Gasteiger partial charge in [0.25, 0.3) is 10.0 Å². The Labute approximate surface area is 186 Å². The Kier molecular flexibility index (Phi) is 6.99. The maximum absolute atomic E-state index is 14.0. The van der Waals surface area contributed by atoms with Crippen LogP contribution in [0.2, 0.25) is 0 Å². The number of sulfonamides is 1. The number of rotatable bonds is 8. The fourth-order valence-electron chi connectivity index (χ4n) is 3.02. The molecule has 0 aliphatic carbocycles. The Bertz CT molecular complexity index is 1210. The zero-order chi connectivity index (χ0) is 23.3. The number of nitrogens with zero attached hydrogens (tertiary/aromatic N) is 1. The van der Waals surface area contributed by atoms with Gasteiger partial charge in [0, 0.05) is 6.07 Å². The zero-order valence-corrected chi connectivity index (χ0v) is 18.6. The van der Waals surface area contributed by atoms with Crippen molar-refractivity contribution in [3.63, 3.8) is 0 Å². The van der Waals surface area contributed by atoms with Crippen molar-refractivity contribution >= 4 is 27.3 Å². The van der Waals surface area contributed by atoms with Crippen molar-refractivity contribution in [1.29, 1.82) is 0 Å². The molecule has 32 heavy (non-hydrogen) atoms. The van der Waals surface area contributed by atoms with Crippen LogP contribution in [0.15, 0.2) is 71.6 Å². The van der Waals surface area contributed by atoms with Crippen molar-refractivity contribution in [2.45, 2.75) is 11.8 Å². The van der Waals surface area contributed by atoms with E-state index in [9.17, 15) is 17.6 Å². The molecule has 3 aromatic carbocycles. The third-order valence-electron chi connectivity index (χ3n) is 4.70. The van der Waals surface area contributed by atoms with Gasteiger partial charge in [-0.05, 0) is 43.3 Å². The highest BCUT2D eigenvalue weighted by molar-refractivity contribution is 7.92. The molecule has 3 rings (SSSR count). The van der Waals surface area contributed by atoms with Crippen LogP contribution < -0.4 is 19.1 Å². The number of carbonyl (C=O) groups is 1. The number of ether oxygens (including phenoxy) is 2. The van der Waals surface area contributed by atoms with Gasteiger partial charge in [-0.25, -0.2) is 12.8 Å². The number of anilines is 2. The Morgan fingerprint density at radius 1 is 0.969 bits per heavy atom. The van der Waals surface area contributed by atoms with Crippen LogP contribution in [0.1, 0.15) is 5.56 Å². The van der Waals surface area contributed by atoms with Crippen LogP contribution in [0.3, 0.4) is 0 Å². The lowest BCUT2D eigenvalue weighted by Gasteiger charge is -2.25. The van der Waals surface area contributed by atoms with E-state index in [0.29, 0.717) is 11.5 Å². The monoisotopic (exact) mass is 458 g/mol. The molecular formula is C23H23FN2O5S. The summed E-state index contributed by atoms with van der Waals surface area (Å²) in [5, 5.41) is 2.42. The average molecular weight is 459 g/mol. The third-order valence-corrected chi connectivity index (χ3v) is 6.49. The van der Waals surface area contributed by atoms with Gasteiger partial charge in [-0.2, -0.15) is 0 Å². The first-order valence-corrected chi connectivity index (χ1v) is 11.1. The number of hydrogen-bond acceptors (Lipinski definition) is 5. The van der Waals surface area contributed by atoms with E-state index in [2.05, 4.69) is 5.32 Å². The van der Waals surface area contributed by atoms with Crippen molar-refractivity contribution in [3.8, 4) is 11.5 Å². The van der Waals surface area contributed by atoms with Gasteiger partial charge in [-0.3, -0.25) is 9.10 Å². The molecule has 1 N–H and O–H groups in total. The smallest absolute Gasteiger partial charge is 0.264 e. The summed E-state index contributed by atoms with van der Waals surface area (Å²) >= 11 is 0. The molecule has 0 bridgehead atoms. The molecule has 1 amide bonds. The number of benzene rings is 3. The molecule has 0 aliphatic rings. The highest BCUT2D eigenvalue weighted by Gasteiger charge is 2.28. The van der Waals surface area contributed by atoms with Crippen molar-refractivity contribution < 1.29 is 27.1 Å². The summed E-state index contributed by atoms with van der Waals surface area (Å²) in [6, 6.07) is 16.4. The van der Waals surface area contributed by atoms with Crippen LogP contribution in [0.25, 0.3) is 0 Å². The molecule has 0 fully saturated rings. The first kappa shape index (κ1) is 23.1. The largest absolute Gasteiger partial charge is 0.493 e. The molecule has 7 nitrogen and oxygen atoms in total. The highest BCUT2D eigenvalue weighted by atomic mass is 32.2. The molecule has 9 heteroatoms. The Hall–Kier alpha value is -3.59. The van der Waals surface area contributed by atoms with E-state index >= 15 is 0 Å². The molecule has 0 spiro atoms. The second-order valence-corrected chi connectivity index (χ2v) is 8.75. The van der Waals surface area contributed by atoms with E-state index in [0.717, 1.165) is 9.87 Å². The average Bonchev–Trinajstić information content (AvgIpc) is 2.78. The van der Waals surface area contributed by atoms with Crippen LogP contribution in [-0.2, 0) is 14.8 Å². The molecule has 0 aliphatic heterocycles. The van der Waals surface area contributed by atoms with E-state index in [1.54, 1.807) is 24.3 Å². The maximum Gasteiger partial charge on any atom is 0.264 e. The summed E-state index contributed by atoms with van der Waals surface area (Å²) in [5.41, 5.74) is 1.03. The lowest BCUT2D eigenvalue weighted by Crippen LogP contribution is -2.38. The number of halogens is 1. The quantitative estimate of drug-likeness (QED) is 0.552. The standard InChI is InChI=1S/C23H23FN2O5S/c1-16-8-11-18(12-9-16)32(28,29)26(17-10-13-21(30-2)22(14-17)31-3)15-23(27)25-20-7-5-4-6-19(20)24/h4-14H,15H2,1-3H3,(H,25,27). The third kappa shape index (κ3) is 5.00. The van der Waals surface area contributed by atoms with Gasteiger partial charge in [-0.1, -0.05) is 29.8 Å². The SMILES string of the molecule is COc1ccc(N(CC(=O)Nc2ccccc2F)S(=O)(=O)c2ccc(C)cc2)cc1OC. The van der Waals surface area contributed by atoms with Gasteiger partial charge in [0.05, 0.1) is 30.5 Å². The van der Waals surface area contributed by atoms with Crippen LogP contribution in [-0.4, -0.2) is 35.1 Å². The number of methoxy groups -OCH3 is 2. The lowest BCUT2D eigenvalue weighted by molar-refractivity contribution is -0.114. The van der Waals surface area contributed by atoms with E-state index in [4.69, 9.17) is 9.47 Å². The number of nitrogens with one attached hydrogen (secondary N) is 1. The second-order valence-electron chi connectivity index (χ2n) is 6.89. The zero-order valence-electron chi connectivity index (χ0n) is 17.8. The van der Waals surface area contributed by atoms with Crippen molar-refractivity contribution in [2.24, 2.45) is 0 Å². The molecular weight excluding hydrogens is 435 g/mol. The number of hydrogen-bond donors (Lipinski definition) is 1.